The van der Waals surface area contributed by atoms with Crippen LogP contribution in [0, 0.1) is 13.8 Å². The maximum atomic E-state index is 12.5. The Balaban J connectivity index is 1.75. The molecule has 1 atom stereocenters. The quantitative estimate of drug-likeness (QED) is 0.809. The van der Waals surface area contributed by atoms with Gasteiger partial charge >= 0.3 is 0 Å². The van der Waals surface area contributed by atoms with E-state index in [-0.39, 0.29) is 12.1 Å². The van der Waals surface area contributed by atoms with E-state index in [0.29, 0.717) is 16.7 Å². The molecule has 1 aromatic carbocycles. The number of benzene rings is 1. The number of aryl methyl sites for hydroxylation is 2. The second-order valence-electron chi connectivity index (χ2n) is 6.36. The lowest BCUT2D eigenvalue weighted by Crippen LogP contribution is -2.48. The van der Waals surface area contributed by atoms with Gasteiger partial charge in [-0.3, -0.25) is 24.1 Å². The number of pyridine rings is 1. The summed E-state index contributed by atoms with van der Waals surface area (Å²) in [6, 6.07) is 7.31. The fourth-order valence-electron chi connectivity index (χ4n) is 3.10. The number of imide groups is 1. The molecule has 1 unspecified atom stereocenters. The molecular formula is C19H19N3O4. The van der Waals surface area contributed by atoms with Crippen LogP contribution in [0.15, 0.2) is 35.1 Å². The Labute approximate surface area is 150 Å². The lowest BCUT2D eigenvalue weighted by atomic mass is 10.1. The van der Waals surface area contributed by atoms with Gasteiger partial charge in [0.25, 0.3) is 17.4 Å². The van der Waals surface area contributed by atoms with E-state index in [0.717, 1.165) is 16.2 Å². The molecule has 134 valence electrons. The highest BCUT2D eigenvalue weighted by molar-refractivity contribution is 6.22. The van der Waals surface area contributed by atoms with Crippen LogP contribution in [0.1, 0.15) is 44.5 Å². The number of carbonyl (C=O) groups is 3. The smallest absolute Gasteiger partial charge is 0.262 e. The average molecular weight is 353 g/mol. The summed E-state index contributed by atoms with van der Waals surface area (Å²) in [6.45, 7) is 5.08. The molecule has 0 fully saturated rings. The molecular weight excluding hydrogens is 334 g/mol. The Bertz CT molecular complexity index is 942. The van der Waals surface area contributed by atoms with E-state index < -0.39 is 23.8 Å². The van der Waals surface area contributed by atoms with Crippen molar-refractivity contribution in [3.8, 4) is 0 Å². The minimum atomic E-state index is -0.979. The minimum Gasteiger partial charge on any atom is -0.350 e. The number of carbonyl (C=O) groups excluding carboxylic acids is 3. The largest absolute Gasteiger partial charge is 0.350 e. The van der Waals surface area contributed by atoms with Gasteiger partial charge < -0.3 is 10.3 Å². The van der Waals surface area contributed by atoms with Crippen molar-refractivity contribution in [2.24, 2.45) is 0 Å². The molecule has 3 rings (SSSR count). The SMILES string of the molecule is Cc1cc(C)c(CNC(=O)C(C)N2C(=O)c3ccccc3C2=O)c(=O)[nH]1. The Morgan fingerprint density at radius 1 is 1.12 bits per heavy atom. The van der Waals surface area contributed by atoms with Crippen molar-refractivity contribution in [2.45, 2.75) is 33.4 Å². The Morgan fingerprint density at radius 2 is 1.69 bits per heavy atom. The van der Waals surface area contributed by atoms with Crippen LogP contribution in [-0.2, 0) is 11.3 Å². The number of fused-ring (bicyclic) bond motifs is 1. The molecule has 3 amide bonds. The molecule has 0 aliphatic carbocycles. The van der Waals surface area contributed by atoms with E-state index in [4.69, 9.17) is 0 Å². The summed E-state index contributed by atoms with van der Waals surface area (Å²) in [5.41, 5.74) is 2.27. The van der Waals surface area contributed by atoms with E-state index in [1.807, 2.05) is 6.07 Å². The number of aromatic amines is 1. The van der Waals surface area contributed by atoms with Crippen molar-refractivity contribution in [1.29, 1.82) is 0 Å². The highest BCUT2D eigenvalue weighted by Crippen LogP contribution is 2.24. The lowest BCUT2D eigenvalue weighted by Gasteiger charge is -2.21. The molecule has 1 aliphatic heterocycles. The fourth-order valence-corrected chi connectivity index (χ4v) is 3.10. The highest BCUT2D eigenvalue weighted by Gasteiger charge is 2.40. The van der Waals surface area contributed by atoms with Crippen LogP contribution >= 0.6 is 0 Å². The van der Waals surface area contributed by atoms with Gasteiger partial charge in [-0.15, -0.1) is 0 Å². The van der Waals surface area contributed by atoms with Crippen LogP contribution in [0.25, 0.3) is 0 Å². The maximum Gasteiger partial charge on any atom is 0.262 e. The van der Waals surface area contributed by atoms with Gasteiger partial charge in [-0.05, 0) is 44.5 Å². The normalized spacial score (nSPS) is 14.3. The summed E-state index contributed by atoms with van der Waals surface area (Å²) in [5, 5.41) is 2.64. The van der Waals surface area contributed by atoms with E-state index >= 15 is 0 Å². The molecule has 0 bridgehead atoms. The van der Waals surface area contributed by atoms with E-state index in [2.05, 4.69) is 10.3 Å². The third-order valence-electron chi connectivity index (χ3n) is 4.53. The monoisotopic (exact) mass is 353 g/mol. The minimum absolute atomic E-state index is 0.0216. The van der Waals surface area contributed by atoms with Crippen molar-refractivity contribution in [1.82, 2.24) is 15.2 Å². The molecule has 7 nitrogen and oxygen atoms in total. The number of hydrogen-bond donors (Lipinski definition) is 2. The number of H-pyrrole nitrogens is 1. The van der Waals surface area contributed by atoms with Gasteiger partial charge in [0.05, 0.1) is 11.1 Å². The summed E-state index contributed by atoms with van der Waals surface area (Å²) in [5.74, 6) is -1.48. The molecule has 0 saturated heterocycles. The number of nitrogens with zero attached hydrogens (tertiary/aromatic N) is 1. The second-order valence-corrected chi connectivity index (χ2v) is 6.36. The van der Waals surface area contributed by atoms with Crippen molar-refractivity contribution >= 4 is 17.7 Å². The van der Waals surface area contributed by atoms with E-state index in [1.165, 1.54) is 6.92 Å². The molecule has 26 heavy (non-hydrogen) atoms. The highest BCUT2D eigenvalue weighted by atomic mass is 16.2. The molecule has 2 aromatic rings. The van der Waals surface area contributed by atoms with Crippen LogP contribution < -0.4 is 10.9 Å². The van der Waals surface area contributed by atoms with Crippen molar-refractivity contribution in [2.75, 3.05) is 0 Å². The fraction of sp³-hybridized carbons (Fsp3) is 0.263. The zero-order chi connectivity index (χ0) is 19.0. The Morgan fingerprint density at radius 3 is 2.23 bits per heavy atom. The predicted molar refractivity (Wildman–Crippen MR) is 94.8 cm³/mol. The summed E-state index contributed by atoms with van der Waals surface area (Å²) in [4.78, 5) is 53.0. The summed E-state index contributed by atoms with van der Waals surface area (Å²) < 4.78 is 0. The number of hydrogen-bond acceptors (Lipinski definition) is 4. The average Bonchev–Trinajstić information content (AvgIpc) is 2.84. The van der Waals surface area contributed by atoms with Crippen molar-refractivity contribution in [3.05, 3.63) is 68.6 Å². The van der Waals surface area contributed by atoms with Crippen molar-refractivity contribution in [3.63, 3.8) is 0 Å². The third-order valence-corrected chi connectivity index (χ3v) is 4.53. The number of rotatable bonds is 4. The molecule has 1 aliphatic rings. The first kappa shape index (κ1) is 17.6. The Hall–Kier alpha value is -3.22. The van der Waals surface area contributed by atoms with Crippen LogP contribution in [0.5, 0.6) is 0 Å². The summed E-state index contributed by atoms with van der Waals surface area (Å²) in [6.07, 6.45) is 0. The molecule has 0 radical (unpaired) electrons. The van der Waals surface area contributed by atoms with Gasteiger partial charge in [-0.1, -0.05) is 12.1 Å². The van der Waals surface area contributed by atoms with Gasteiger partial charge in [-0.2, -0.15) is 0 Å². The predicted octanol–water partition coefficient (Wildman–Crippen LogP) is 1.29. The number of aromatic nitrogens is 1. The third kappa shape index (κ3) is 2.92. The van der Waals surface area contributed by atoms with Gasteiger partial charge in [0.15, 0.2) is 0 Å². The maximum absolute atomic E-state index is 12.5. The topological polar surface area (TPSA) is 99.3 Å². The first-order valence-electron chi connectivity index (χ1n) is 8.25. The Kier molecular flexibility index (Phi) is 4.46. The van der Waals surface area contributed by atoms with Crippen LogP contribution in [0.2, 0.25) is 0 Å². The van der Waals surface area contributed by atoms with E-state index in [1.54, 1.807) is 38.1 Å². The number of amides is 3. The molecule has 1 aromatic heterocycles. The zero-order valence-electron chi connectivity index (χ0n) is 14.8. The lowest BCUT2D eigenvalue weighted by molar-refractivity contribution is -0.124. The van der Waals surface area contributed by atoms with Crippen LogP contribution in [0.4, 0.5) is 0 Å². The standard InChI is InChI=1S/C19H19N3O4/c1-10-8-11(2)21-17(24)15(10)9-20-16(23)12(3)22-18(25)13-6-4-5-7-14(13)19(22)26/h4-8,12H,9H2,1-3H3,(H,20,23)(H,21,24). The van der Waals surface area contributed by atoms with Crippen molar-refractivity contribution < 1.29 is 14.4 Å². The van der Waals surface area contributed by atoms with Gasteiger partial charge in [0.1, 0.15) is 6.04 Å². The van der Waals surface area contributed by atoms with Crippen LogP contribution in [0.3, 0.4) is 0 Å². The van der Waals surface area contributed by atoms with Gasteiger partial charge in [0, 0.05) is 17.8 Å². The molecule has 0 saturated carbocycles. The zero-order valence-corrected chi connectivity index (χ0v) is 14.8. The molecule has 7 heteroatoms. The summed E-state index contributed by atoms with van der Waals surface area (Å²) >= 11 is 0. The number of nitrogens with one attached hydrogen (secondary N) is 2. The molecule has 2 heterocycles. The first-order chi connectivity index (χ1) is 12.3. The van der Waals surface area contributed by atoms with Gasteiger partial charge in [0.2, 0.25) is 5.91 Å². The molecule has 0 spiro atoms. The summed E-state index contributed by atoms with van der Waals surface area (Å²) in [7, 11) is 0. The van der Waals surface area contributed by atoms with Gasteiger partial charge in [-0.25, -0.2) is 0 Å². The second kappa shape index (κ2) is 6.59. The molecule has 2 N–H and O–H groups in total. The van der Waals surface area contributed by atoms with E-state index in [9.17, 15) is 19.2 Å². The first-order valence-corrected chi connectivity index (χ1v) is 8.25. The van der Waals surface area contributed by atoms with Crippen LogP contribution in [-0.4, -0.2) is 33.6 Å².